The van der Waals surface area contributed by atoms with Gasteiger partial charge in [-0.3, -0.25) is 0 Å². The third-order valence-corrected chi connectivity index (χ3v) is 4.45. The van der Waals surface area contributed by atoms with Gasteiger partial charge in [0.15, 0.2) is 0 Å². The number of benzene rings is 1. The predicted octanol–water partition coefficient (Wildman–Crippen LogP) is -2.94. The molecule has 11 heteroatoms. The number of ether oxygens (including phenoxy) is 2. The maximum absolute atomic E-state index is 12.1. The van der Waals surface area contributed by atoms with Gasteiger partial charge in [-0.2, -0.15) is 0 Å². The van der Waals surface area contributed by atoms with Crippen LogP contribution in [-0.2, 0) is 13.8 Å². The van der Waals surface area contributed by atoms with Gasteiger partial charge in [0.1, 0.15) is 5.75 Å². The fourth-order valence-electron chi connectivity index (χ4n) is 2.65. The standard InChI is InChI=1S/C19H32NO7P.2Na/c1-5-6-7-8-12-25-19(21)20-18(15(4)27-28(22,23)24)16-10-9-11-17(13-16)26-14(2)3;;/h9-11,13-15,18H,5-8,12H2,1-4H3,(H,20,21)(H2,22,23,24);;/q;2*+1/p-2/t15-,18-;;/m0../s1. The van der Waals surface area contributed by atoms with Crippen LogP contribution < -0.4 is 79.0 Å². The fraction of sp³-hybridized carbons (Fsp3) is 0.632. The second-order valence-corrected chi connectivity index (χ2v) is 7.92. The van der Waals surface area contributed by atoms with Crippen LogP contribution in [0.2, 0.25) is 0 Å². The number of carbonyl (C=O) groups excluding carboxylic acids is 1. The van der Waals surface area contributed by atoms with E-state index >= 15 is 0 Å². The number of phosphoric acid groups is 1. The molecule has 0 heterocycles. The van der Waals surface area contributed by atoms with Crippen LogP contribution in [0, 0.1) is 0 Å². The fourth-order valence-corrected chi connectivity index (χ4v) is 3.18. The van der Waals surface area contributed by atoms with Gasteiger partial charge in [-0.1, -0.05) is 38.3 Å². The normalized spacial score (nSPS) is 12.9. The molecular weight excluding hydrogens is 431 g/mol. The van der Waals surface area contributed by atoms with Crippen molar-refractivity contribution in [2.24, 2.45) is 0 Å². The molecule has 1 rings (SSSR count). The summed E-state index contributed by atoms with van der Waals surface area (Å²) < 4.78 is 26.4. The number of hydrogen-bond acceptors (Lipinski definition) is 7. The van der Waals surface area contributed by atoms with Crippen LogP contribution in [0.15, 0.2) is 24.3 Å². The molecule has 0 unspecified atom stereocenters. The number of hydrogen-bond donors (Lipinski definition) is 1. The largest absolute Gasteiger partial charge is 1.00 e. The molecule has 1 aromatic carbocycles. The maximum Gasteiger partial charge on any atom is 1.00 e. The van der Waals surface area contributed by atoms with E-state index < -0.39 is 26.1 Å². The van der Waals surface area contributed by atoms with E-state index in [9.17, 15) is 19.1 Å². The number of amides is 1. The molecule has 0 aliphatic carbocycles. The zero-order valence-electron chi connectivity index (χ0n) is 18.9. The summed E-state index contributed by atoms with van der Waals surface area (Å²) in [4.78, 5) is 34.2. The van der Waals surface area contributed by atoms with Crippen molar-refractivity contribution in [1.82, 2.24) is 5.32 Å². The molecule has 0 aliphatic rings. The van der Waals surface area contributed by atoms with Crippen molar-refractivity contribution in [1.29, 1.82) is 0 Å². The van der Waals surface area contributed by atoms with E-state index in [1.807, 2.05) is 13.8 Å². The van der Waals surface area contributed by atoms with Crippen molar-refractivity contribution in [3.8, 4) is 5.75 Å². The summed E-state index contributed by atoms with van der Waals surface area (Å²) in [6.07, 6.45) is 1.93. The molecule has 0 aliphatic heterocycles. The van der Waals surface area contributed by atoms with Crippen LogP contribution in [0.1, 0.15) is 65.0 Å². The van der Waals surface area contributed by atoms with E-state index in [0.717, 1.165) is 25.7 Å². The minimum atomic E-state index is -5.23. The molecule has 0 fully saturated rings. The number of rotatable bonds is 12. The smallest absolute Gasteiger partial charge is 0.790 e. The van der Waals surface area contributed by atoms with Crippen LogP contribution in [0.4, 0.5) is 4.79 Å². The summed E-state index contributed by atoms with van der Waals surface area (Å²) in [5.41, 5.74) is 0.530. The van der Waals surface area contributed by atoms with Gasteiger partial charge in [0.05, 0.1) is 32.7 Å². The zero-order valence-corrected chi connectivity index (χ0v) is 23.8. The molecule has 1 amide bonds. The van der Waals surface area contributed by atoms with E-state index in [1.54, 1.807) is 24.3 Å². The number of nitrogens with one attached hydrogen (secondary N) is 1. The zero-order chi connectivity index (χ0) is 21.2. The predicted molar refractivity (Wildman–Crippen MR) is 102 cm³/mol. The van der Waals surface area contributed by atoms with Gasteiger partial charge in [0, 0.05) is 0 Å². The van der Waals surface area contributed by atoms with Gasteiger partial charge in [0.2, 0.25) is 0 Å². The Bertz CT molecular complexity index is 658. The Labute approximate surface area is 223 Å². The summed E-state index contributed by atoms with van der Waals surface area (Å²) >= 11 is 0. The molecule has 0 saturated heterocycles. The molecule has 160 valence electrons. The number of carbonyl (C=O) groups is 1. The van der Waals surface area contributed by atoms with Gasteiger partial charge in [-0.25, -0.2) is 4.79 Å². The molecule has 1 N–H and O–H groups in total. The number of phosphoric ester groups is 1. The summed E-state index contributed by atoms with van der Waals surface area (Å²) in [5.74, 6) is 0.548. The molecule has 0 aromatic heterocycles. The van der Waals surface area contributed by atoms with E-state index in [-0.39, 0.29) is 71.8 Å². The van der Waals surface area contributed by atoms with Crippen molar-refractivity contribution < 1.29 is 92.3 Å². The summed E-state index contributed by atoms with van der Waals surface area (Å²) in [6.45, 7) is 7.47. The monoisotopic (exact) mass is 461 g/mol. The first-order valence-corrected chi connectivity index (χ1v) is 11.0. The van der Waals surface area contributed by atoms with Crippen molar-refractivity contribution in [3.63, 3.8) is 0 Å². The van der Waals surface area contributed by atoms with Crippen LogP contribution in [0.5, 0.6) is 5.75 Å². The molecule has 1 aromatic rings. The summed E-state index contributed by atoms with van der Waals surface area (Å²) in [6, 6.07) is 5.88. The summed E-state index contributed by atoms with van der Waals surface area (Å²) in [5, 5.41) is 2.59. The average Bonchev–Trinajstić information content (AvgIpc) is 2.57. The topological polar surface area (TPSA) is 120 Å². The Morgan fingerprint density at radius 2 is 1.80 bits per heavy atom. The Kier molecular flexibility index (Phi) is 18.4. The number of unbranched alkanes of at least 4 members (excludes halogenated alkanes) is 3. The minimum absolute atomic E-state index is 0. The first-order chi connectivity index (χ1) is 13.1. The second-order valence-electron chi connectivity index (χ2n) is 6.82. The van der Waals surface area contributed by atoms with Crippen molar-refractivity contribution in [2.45, 2.75) is 71.6 Å². The van der Waals surface area contributed by atoms with Crippen LogP contribution in [-0.4, -0.2) is 24.9 Å². The Balaban J connectivity index is 0. The van der Waals surface area contributed by atoms with Crippen LogP contribution >= 0.6 is 7.82 Å². The molecule has 8 nitrogen and oxygen atoms in total. The van der Waals surface area contributed by atoms with Gasteiger partial charge in [-0.15, -0.1) is 0 Å². The quantitative estimate of drug-likeness (QED) is 0.201. The van der Waals surface area contributed by atoms with E-state index in [4.69, 9.17) is 9.47 Å². The molecule has 0 radical (unpaired) electrons. The van der Waals surface area contributed by atoms with E-state index in [1.165, 1.54) is 6.92 Å². The SMILES string of the molecule is CCCCCCOC(=O)N[C@H](c1cccc(OC(C)C)c1)[C@H](C)OP(=O)([O-])[O-].[Na+].[Na+]. The molecular formula is C19H30NNa2O7P. The van der Waals surface area contributed by atoms with Crippen molar-refractivity contribution in [3.05, 3.63) is 29.8 Å². The van der Waals surface area contributed by atoms with Gasteiger partial charge < -0.3 is 33.7 Å². The molecule has 0 spiro atoms. The second kappa shape index (κ2) is 17.0. The Hall–Kier alpha value is 0.400. The average molecular weight is 461 g/mol. The van der Waals surface area contributed by atoms with Crippen LogP contribution in [0.3, 0.4) is 0 Å². The molecule has 0 saturated carbocycles. The van der Waals surface area contributed by atoms with Gasteiger partial charge >= 0.3 is 65.2 Å². The first-order valence-electron chi connectivity index (χ1n) is 9.52. The maximum atomic E-state index is 12.1. The molecule has 30 heavy (non-hydrogen) atoms. The van der Waals surface area contributed by atoms with Crippen molar-refractivity contribution in [2.75, 3.05) is 6.61 Å². The Morgan fingerprint density at radius 1 is 1.13 bits per heavy atom. The summed E-state index contributed by atoms with van der Waals surface area (Å²) in [7, 11) is -5.23. The van der Waals surface area contributed by atoms with Gasteiger partial charge in [-0.05, 0) is 44.9 Å². The first kappa shape index (κ1) is 32.6. The molecule has 2 atom stereocenters. The van der Waals surface area contributed by atoms with Gasteiger partial charge in [0.25, 0.3) is 0 Å². The molecule has 0 bridgehead atoms. The van der Waals surface area contributed by atoms with Crippen molar-refractivity contribution >= 4 is 13.9 Å². The Morgan fingerprint density at radius 3 is 2.37 bits per heavy atom. The number of alkyl carbamates (subject to hydrolysis) is 1. The third-order valence-electron chi connectivity index (χ3n) is 3.86. The van der Waals surface area contributed by atoms with E-state index in [0.29, 0.717) is 11.3 Å². The van der Waals surface area contributed by atoms with Crippen LogP contribution in [0.25, 0.3) is 0 Å². The minimum Gasteiger partial charge on any atom is -0.790 e. The van der Waals surface area contributed by atoms with E-state index in [2.05, 4.69) is 16.8 Å². The third kappa shape index (κ3) is 14.5.